The second kappa shape index (κ2) is 7.56. The van der Waals surface area contributed by atoms with Crippen molar-refractivity contribution in [2.45, 2.75) is 19.8 Å². The molecule has 0 spiro atoms. The Balaban J connectivity index is 1.52. The first-order chi connectivity index (χ1) is 13.6. The molecular formula is C22H25N5O. The van der Waals surface area contributed by atoms with Gasteiger partial charge in [-0.15, -0.1) is 0 Å². The smallest absolute Gasteiger partial charge is 0.255 e. The molecule has 2 aromatic heterocycles. The van der Waals surface area contributed by atoms with Crippen LogP contribution in [0.15, 0.2) is 54.7 Å². The summed E-state index contributed by atoms with van der Waals surface area (Å²) in [5.74, 6) is 1.26. The summed E-state index contributed by atoms with van der Waals surface area (Å²) in [4.78, 5) is 19.4. The van der Waals surface area contributed by atoms with Crippen LogP contribution in [0.5, 0.6) is 0 Å². The van der Waals surface area contributed by atoms with Crippen molar-refractivity contribution in [3.63, 3.8) is 0 Å². The highest BCUT2D eigenvalue weighted by molar-refractivity contribution is 5.94. The molecule has 3 heterocycles. The molecule has 1 aliphatic heterocycles. The number of nitrogens with two attached hydrogens (primary N) is 1. The monoisotopic (exact) mass is 375 g/mol. The number of carbonyl (C=O) groups excluding carboxylic acids is 1. The van der Waals surface area contributed by atoms with Gasteiger partial charge in [-0.25, -0.2) is 9.67 Å². The summed E-state index contributed by atoms with van der Waals surface area (Å²) in [6.07, 6.45) is 1.64. The number of benzene rings is 1. The molecule has 6 nitrogen and oxygen atoms in total. The van der Waals surface area contributed by atoms with Gasteiger partial charge in [0.15, 0.2) is 5.82 Å². The fourth-order valence-corrected chi connectivity index (χ4v) is 4.04. The second-order valence-corrected chi connectivity index (χ2v) is 7.47. The Morgan fingerprint density at radius 2 is 1.93 bits per heavy atom. The van der Waals surface area contributed by atoms with Crippen molar-refractivity contribution in [1.82, 2.24) is 19.7 Å². The summed E-state index contributed by atoms with van der Waals surface area (Å²) in [6, 6.07) is 16.0. The maximum atomic E-state index is 13.0. The van der Waals surface area contributed by atoms with Crippen molar-refractivity contribution in [2.75, 3.05) is 19.6 Å². The Hall–Kier alpha value is -2.99. The van der Waals surface area contributed by atoms with Gasteiger partial charge in [0.1, 0.15) is 0 Å². The topological polar surface area (TPSA) is 77.0 Å². The zero-order valence-corrected chi connectivity index (χ0v) is 16.2. The molecule has 0 unspecified atom stereocenters. The van der Waals surface area contributed by atoms with Gasteiger partial charge in [0.05, 0.1) is 11.3 Å². The minimum Gasteiger partial charge on any atom is -0.338 e. The number of rotatable bonds is 4. The summed E-state index contributed by atoms with van der Waals surface area (Å²) < 4.78 is 1.79. The molecule has 1 amide bonds. The fourth-order valence-electron chi connectivity index (χ4n) is 4.04. The van der Waals surface area contributed by atoms with Crippen LogP contribution >= 0.6 is 0 Å². The molecule has 144 valence electrons. The van der Waals surface area contributed by atoms with Crippen LogP contribution in [0.2, 0.25) is 0 Å². The van der Waals surface area contributed by atoms with E-state index in [0.29, 0.717) is 31.0 Å². The van der Waals surface area contributed by atoms with Crippen LogP contribution in [-0.2, 0) is 0 Å². The first kappa shape index (κ1) is 18.4. The molecule has 2 atom stereocenters. The number of carbonyl (C=O) groups is 1. The van der Waals surface area contributed by atoms with Crippen LogP contribution in [0.3, 0.4) is 0 Å². The van der Waals surface area contributed by atoms with Gasteiger partial charge >= 0.3 is 0 Å². The SMILES string of the molecule is Cc1cc(C)n(-c2ccc(C(=O)N3C[C@@H](CN)[C@H](c4ccccc4)C3)cn2)n1. The number of hydrogen-bond acceptors (Lipinski definition) is 4. The average Bonchev–Trinajstić information content (AvgIpc) is 3.31. The summed E-state index contributed by atoms with van der Waals surface area (Å²) in [5.41, 5.74) is 9.79. The molecule has 0 saturated carbocycles. The summed E-state index contributed by atoms with van der Waals surface area (Å²) in [7, 11) is 0. The van der Waals surface area contributed by atoms with E-state index < -0.39 is 0 Å². The minimum atomic E-state index is 0.00398. The van der Waals surface area contributed by atoms with Gasteiger partial charge in [0.2, 0.25) is 0 Å². The number of likely N-dealkylation sites (tertiary alicyclic amines) is 1. The predicted molar refractivity (Wildman–Crippen MR) is 108 cm³/mol. The molecule has 0 aliphatic carbocycles. The lowest BCUT2D eigenvalue weighted by Crippen LogP contribution is -2.30. The van der Waals surface area contributed by atoms with Gasteiger partial charge < -0.3 is 10.6 Å². The molecule has 1 fully saturated rings. The Bertz CT molecular complexity index is 964. The third kappa shape index (κ3) is 3.43. The summed E-state index contributed by atoms with van der Waals surface area (Å²) >= 11 is 0. The van der Waals surface area contributed by atoms with Crippen LogP contribution in [0.4, 0.5) is 0 Å². The lowest BCUT2D eigenvalue weighted by Gasteiger charge is -2.17. The lowest BCUT2D eigenvalue weighted by atomic mass is 9.89. The van der Waals surface area contributed by atoms with E-state index in [4.69, 9.17) is 5.73 Å². The number of hydrogen-bond donors (Lipinski definition) is 1. The highest BCUT2D eigenvalue weighted by Gasteiger charge is 2.35. The van der Waals surface area contributed by atoms with E-state index in [1.807, 2.05) is 55.1 Å². The van der Waals surface area contributed by atoms with E-state index in [0.717, 1.165) is 11.4 Å². The molecule has 3 aromatic rings. The molecule has 1 aromatic carbocycles. The molecule has 2 N–H and O–H groups in total. The van der Waals surface area contributed by atoms with Gasteiger partial charge in [-0.1, -0.05) is 30.3 Å². The predicted octanol–water partition coefficient (Wildman–Crippen LogP) is 2.70. The molecule has 1 aliphatic rings. The quantitative estimate of drug-likeness (QED) is 0.761. The van der Waals surface area contributed by atoms with Crippen molar-refractivity contribution >= 4 is 5.91 Å². The van der Waals surface area contributed by atoms with Crippen LogP contribution in [0, 0.1) is 19.8 Å². The molecule has 28 heavy (non-hydrogen) atoms. The first-order valence-electron chi connectivity index (χ1n) is 9.61. The summed E-state index contributed by atoms with van der Waals surface area (Å²) in [6.45, 7) is 5.87. The molecule has 4 rings (SSSR count). The van der Waals surface area contributed by atoms with Gasteiger partial charge in [0, 0.05) is 30.9 Å². The number of amides is 1. The highest BCUT2D eigenvalue weighted by Crippen LogP contribution is 2.32. The van der Waals surface area contributed by atoms with Crippen molar-refractivity contribution in [3.05, 3.63) is 77.2 Å². The van der Waals surface area contributed by atoms with Crippen LogP contribution in [-0.4, -0.2) is 45.2 Å². The number of pyridine rings is 1. The maximum Gasteiger partial charge on any atom is 0.255 e. The minimum absolute atomic E-state index is 0.00398. The van der Waals surface area contributed by atoms with E-state index in [1.54, 1.807) is 10.9 Å². The van der Waals surface area contributed by atoms with E-state index in [9.17, 15) is 4.79 Å². The molecule has 0 radical (unpaired) electrons. The number of aryl methyl sites for hydroxylation is 2. The zero-order valence-electron chi connectivity index (χ0n) is 16.2. The van der Waals surface area contributed by atoms with Gasteiger partial charge in [-0.05, 0) is 50.1 Å². The first-order valence-corrected chi connectivity index (χ1v) is 9.61. The molecular weight excluding hydrogens is 350 g/mol. The second-order valence-electron chi connectivity index (χ2n) is 7.47. The zero-order chi connectivity index (χ0) is 19.7. The van der Waals surface area contributed by atoms with Crippen molar-refractivity contribution in [1.29, 1.82) is 0 Å². The molecule has 6 heteroatoms. The highest BCUT2D eigenvalue weighted by atomic mass is 16.2. The van der Waals surface area contributed by atoms with Crippen molar-refractivity contribution < 1.29 is 4.79 Å². The van der Waals surface area contributed by atoms with E-state index in [1.165, 1.54) is 5.56 Å². The fraction of sp³-hybridized carbons (Fsp3) is 0.318. The van der Waals surface area contributed by atoms with Crippen LogP contribution in [0.1, 0.15) is 33.2 Å². The standard InChI is InChI=1S/C22H25N5O/c1-15-10-16(2)27(25-15)21-9-8-18(12-24-21)22(28)26-13-19(11-23)20(14-26)17-6-4-3-5-7-17/h3-10,12,19-20H,11,13-14,23H2,1-2H3/t19-,20+/m1/s1. The largest absolute Gasteiger partial charge is 0.338 e. The van der Waals surface area contributed by atoms with E-state index in [-0.39, 0.29) is 17.7 Å². The Kier molecular flexibility index (Phi) is 4.96. The van der Waals surface area contributed by atoms with Gasteiger partial charge in [-0.3, -0.25) is 4.79 Å². The Morgan fingerprint density at radius 1 is 1.14 bits per heavy atom. The average molecular weight is 375 g/mol. The number of nitrogens with zero attached hydrogens (tertiary/aromatic N) is 4. The van der Waals surface area contributed by atoms with Crippen molar-refractivity contribution in [2.24, 2.45) is 11.7 Å². The molecule has 0 bridgehead atoms. The van der Waals surface area contributed by atoms with Crippen LogP contribution in [0.25, 0.3) is 5.82 Å². The van der Waals surface area contributed by atoms with Crippen LogP contribution < -0.4 is 5.73 Å². The van der Waals surface area contributed by atoms with E-state index >= 15 is 0 Å². The molecule has 1 saturated heterocycles. The number of aromatic nitrogens is 3. The Labute approximate surface area is 165 Å². The van der Waals surface area contributed by atoms with Gasteiger partial charge in [0.25, 0.3) is 5.91 Å². The lowest BCUT2D eigenvalue weighted by molar-refractivity contribution is 0.0786. The Morgan fingerprint density at radius 3 is 2.54 bits per heavy atom. The van der Waals surface area contributed by atoms with Gasteiger partial charge in [-0.2, -0.15) is 5.10 Å². The normalized spacial score (nSPS) is 19.2. The van der Waals surface area contributed by atoms with Crippen molar-refractivity contribution in [3.8, 4) is 5.82 Å². The third-order valence-corrected chi connectivity index (χ3v) is 5.48. The maximum absolute atomic E-state index is 13.0. The van der Waals surface area contributed by atoms with E-state index in [2.05, 4.69) is 22.2 Å². The summed E-state index contributed by atoms with van der Waals surface area (Å²) in [5, 5.41) is 4.44. The third-order valence-electron chi connectivity index (χ3n) is 5.48.